The highest BCUT2D eigenvalue weighted by molar-refractivity contribution is 5.78. The Morgan fingerprint density at radius 2 is 2.22 bits per heavy atom. The van der Waals surface area contributed by atoms with Gasteiger partial charge in [0.25, 0.3) is 0 Å². The number of hydrogen-bond acceptors (Lipinski definition) is 2. The third-order valence-corrected chi connectivity index (χ3v) is 3.69. The van der Waals surface area contributed by atoms with Gasteiger partial charge in [-0.05, 0) is 37.4 Å². The van der Waals surface area contributed by atoms with Crippen LogP contribution < -0.4 is 5.32 Å². The third kappa shape index (κ3) is 3.33. The number of hydrogen-bond donors (Lipinski definition) is 1. The number of carbonyl (C=O) groups is 1. The molecule has 1 aliphatic rings. The molecule has 2 rings (SSSR count). The Kier molecular flexibility index (Phi) is 4.37. The monoisotopic (exact) mass is 246 g/mol. The topological polar surface area (TPSA) is 32.3 Å². The van der Waals surface area contributed by atoms with Crippen molar-refractivity contribution in [2.45, 2.75) is 32.2 Å². The molecule has 1 atom stereocenters. The van der Waals surface area contributed by atoms with E-state index < -0.39 is 0 Å². The summed E-state index contributed by atoms with van der Waals surface area (Å²) < 4.78 is 0. The van der Waals surface area contributed by atoms with E-state index in [2.05, 4.69) is 18.3 Å². The van der Waals surface area contributed by atoms with Crippen molar-refractivity contribution < 1.29 is 4.79 Å². The van der Waals surface area contributed by atoms with E-state index in [1.807, 2.05) is 30.1 Å². The maximum atomic E-state index is 12.2. The second kappa shape index (κ2) is 6.01. The number of carbonyl (C=O) groups excluding carboxylic acids is 1. The Labute approximate surface area is 109 Å². The van der Waals surface area contributed by atoms with Crippen molar-refractivity contribution in [2.24, 2.45) is 0 Å². The van der Waals surface area contributed by atoms with E-state index in [0.717, 1.165) is 18.7 Å². The minimum atomic E-state index is 0.206. The number of rotatable bonds is 4. The summed E-state index contributed by atoms with van der Waals surface area (Å²) >= 11 is 0. The molecule has 18 heavy (non-hydrogen) atoms. The Morgan fingerprint density at radius 1 is 1.44 bits per heavy atom. The van der Waals surface area contributed by atoms with Gasteiger partial charge in [-0.25, -0.2) is 0 Å². The van der Waals surface area contributed by atoms with Crippen molar-refractivity contribution in [3.05, 3.63) is 35.4 Å². The quantitative estimate of drug-likeness (QED) is 0.878. The van der Waals surface area contributed by atoms with E-state index >= 15 is 0 Å². The standard InChI is InChI=1S/C15H22N2O/c1-12-6-3-4-7-13(12)10-15(18)17(2)11-14-8-5-9-16-14/h3-4,6-7,14,16H,5,8-11H2,1-2H3. The fourth-order valence-electron chi connectivity index (χ4n) is 2.45. The molecule has 0 aliphatic carbocycles. The van der Waals surface area contributed by atoms with Gasteiger partial charge in [0.1, 0.15) is 0 Å². The molecule has 0 radical (unpaired) electrons. The smallest absolute Gasteiger partial charge is 0.226 e. The van der Waals surface area contributed by atoms with Crippen LogP contribution in [0.3, 0.4) is 0 Å². The molecule has 3 heteroatoms. The lowest BCUT2D eigenvalue weighted by Gasteiger charge is -2.21. The predicted molar refractivity (Wildman–Crippen MR) is 73.5 cm³/mol. The van der Waals surface area contributed by atoms with E-state index in [4.69, 9.17) is 0 Å². The van der Waals surface area contributed by atoms with Gasteiger partial charge in [-0.2, -0.15) is 0 Å². The van der Waals surface area contributed by atoms with Gasteiger partial charge in [0.2, 0.25) is 5.91 Å². The van der Waals surface area contributed by atoms with Gasteiger partial charge in [-0.3, -0.25) is 4.79 Å². The molecule has 1 aromatic rings. The van der Waals surface area contributed by atoms with Crippen LogP contribution in [-0.4, -0.2) is 37.0 Å². The largest absolute Gasteiger partial charge is 0.344 e. The van der Waals surface area contributed by atoms with Crippen molar-refractivity contribution in [1.82, 2.24) is 10.2 Å². The lowest BCUT2D eigenvalue weighted by Crippen LogP contribution is -2.39. The fourth-order valence-corrected chi connectivity index (χ4v) is 2.45. The van der Waals surface area contributed by atoms with Gasteiger partial charge in [-0.15, -0.1) is 0 Å². The Morgan fingerprint density at radius 3 is 2.89 bits per heavy atom. The van der Waals surface area contributed by atoms with Crippen molar-refractivity contribution in [2.75, 3.05) is 20.1 Å². The van der Waals surface area contributed by atoms with Crippen LogP contribution in [0.5, 0.6) is 0 Å². The van der Waals surface area contributed by atoms with E-state index in [0.29, 0.717) is 12.5 Å². The summed E-state index contributed by atoms with van der Waals surface area (Å²) in [5.74, 6) is 0.206. The number of aryl methyl sites for hydroxylation is 1. The Bertz CT molecular complexity index is 411. The number of nitrogens with one attached hydrogen (secondary N) is 1. The van der Waals surface area contributed by atoms with Gasteiger partial charge in [-0.1, -0.05) is 24.3 Å². The maximum Gasteiger partial charge on any atom is 0.226 e. The van der Waals surface area contributed by atoms with Crippen LogP contribution >= 0.6 is 0 Å². The first-order valence-corrected chi connectivity index (χ1v) is 6.68. The first-order chi connectivity index (χ1) is 8.66. The van der Waals surface area contributed by atoms with Crippen molar-refractivity contribution in [3.63, 3.8) is 0 Å². The lowest BCUT2D eigenvalue weighted by atomic mass is 10.1. The molecule has 0 spiro atoms. The first-order valence-electron chi connectivity index (χ1n) is 6.68. The average Bonchev–Trinajstić information content (AvgIpc) is 2.84. The summed E-state index contributed by atoms with van der Waals surface area (Å²) in [6.45, 7) is 3.97. The molecule has 0 saturated carbocycles. The van der Waals surface area contributed by atoms with Crippen molar-refractivity contribution in [3.8, 4) is 0 Å². The zero-order valence-corrected chi connectivity index (χ0v) is 11.3. The average molecular weight is 246 g/mol. The third-order valence-electron chi connectivity index (χ3n) is 3.69. The van der Waals surface area contributed by atoms with E-state index in [-0.39, 0.29) is 5.91 Å². The fraction of sp³-hybridized carbons (Fsp3) is 0.533. The SMILES string of the molecule is Cc1ccccc1CC(=O)N(C)CC1CCCN1. The van der Waals surface area contributed by atoms with Gasteiger partial charge in [0, 0.05) is 19.6 Å². The van der Waals surface area contributed by atoms with Crippen LogP contribution in [0.15, 0.2) is 24.3 Å². The van der Waals surface area contributed by atoms with Gasteiger partial charge < -0.3 is 10.2 Å². The molecule has 1 N–H and O–H groups in total. The maximum absolute atomic E-state index is 12.2. The highest BCUT2D eigenvalue weighted by Crippen LogP contribution is 2.10. The molecule has 1 aromatic carbocycles. The van der Waals surface area contributed by atoms with Crippen LogP contribution in [0.4, 0.5) is 0 Å². The van der Waals surface area contributed by atoms with Crippen molar-refractivity contribution >= 4 is 5.91 Å². The van der Waals surface area contributed by atoms with Crippen LogP contribution in [-0.2, 0) is 11.2 Å². The van der Waals surface area contributed by atoms with Crippen LogP contribution in [0.25, 0.3) is 0 Å². The molecular weight excluding hydrogens is 224 g/mol. The van der Waals surface area contributed by atoms with Gasteiger partial charge in [0.15, 0.2) is 0 Å². The molecule has 1 amide bonds. The van der Waals surface area contributed by atoms with Gasteiger partial charge >= 0.3 is 0 Å². The molecule has 98 valence electrons. The normalized spacial score (nSPS) is 18.9. The highest BCUT2D eigenvalue weighted by atomic mass is 16.2. The Hall–Kier alpha value is -1.35. The zero-order valence-electron chi connectivity index (χ0n) is 11.3. The molecule has 1 aliphatic heterocycles. The molecule has 1 unspecified atom stereocenters. The molecular formula is C15H22N2O. The van der Waals surface area contributed by atoms with Gasteiger partial charge in [0.05, 0.1) is 6.42 Å². The number of nitrogens with zero attached hydrogens (tertiary/aromatic N) is 1. The number of amides is 1. The van der Waals surface area contributed by atoms with E-state index in [1.54, 1.807) is 0 Å². The zero-order chi connectivity index (χ0) is 13.0. The summed E-state index contributed by atoms with van der Waals surface area (Å²) in [6.07, 6.45) is 2.92. The molecule has 3 nitrogen and oxygen atoms in total. The van der Waals surface area contributed by atoms with E-state index in [1.165, 1.54) is 18.4 Å². The summed E-state index contributed by atoms with van der Waals surface area (Å²) in [5, 5.41) is 3.42. The summed E-state index contributed by atoms with van der Waals surface area (Å²) in [6, 6.07) is 8.58. The molecule has 1 fully saturated rings. The molecule has 0 aromatic heterocycles. The van der Waals surface area contributed by atoms with Crippen LogP contribution in [0.2, 0.25) is 0 Å². The summed E-state index contributed by atoms with van der Waals surface area (Å²) in [5.41, 5.74) is 2.33. The predicted octanol–water partition coefficient (Wildman–Crippen LogP) is 1.75. The Balaban J connectivity index is 1.89. The van der Waals surface area contributed by atoms with Crippen LogP contribution in [0.1, 0.15) is 24.0 Å². The second-order valence-electron chi connectivity index (χ2n) is 5.17. The summed E-state index contributed by atoms with van der Waals surface area (Å²) in [7, 11) is 1.90. The lowest BCUT2D eigenvalue weighted by molar-refractivity contribution is -0.129. The first kappa shape index (κ1) is 13.1. The van der Waals surface area contributed by atoms with E-state index in [9.17, 15) is 4.79 Å². The second-order valence-corrected chi connectivity index (χ2v) is 5.17. The molecule has 1 heterocycles. The molecule has 0 bridgehead atoms. The number of likely N-dealkylation sites (N-methyl/N-ethyl adjacent to an activating group) is 1. The number of benzene rings is 1. The minimum absolute atomic E-state index is 0.206. The molecule has 1 saturated heterocycles. The van der Waals surface area contributed by atoms with Crippen molar-refractivity contribution in [1.29, 1.82) is 0 Å². The highest BCUT2D eigenvalue weighted by Gasteiger charge is 2.19. The minimum Gasteiger partial charge on any atom is -0.344 e. The van der Waals surface area contributed by atoms with Crippen LogP contribution in [0, 0.1) is 6.92 Å². The summed E-state index contributed by atoms with van der Waals surface area (Å²) in [4.78, 5) is 14.0.